The number of nitrogens with one attached hydrogen (secondary N) is 1. The topological polar surface area (TPSA) is 106 Å². The fraction of sp³-hybridized carbons (Fsp3) is 0.190. The third-order valence-corrected chi connectivity index (χ3v) is 4.57. The van der Waals surface area contributed by atoms with E-state index in [2.05, 4.69) is 39.7 Å². The van der Waals surface area contributed by atoms with Crippen LogP contribution in [0.3, 0.4) is 0 Å². The monoisotopic (exact) mass is 524 g/mol. The van der Waals surface area contributed by atoms with Gasteiger partial charge in [-0.1, -0.05) is 18.2 Å². The van der Waals surface area contributed by atoms with E-state index in [1.54, 1.807) is 24.3 Å². The maximum Gasteiger partial charge on any atom is 0.341 e. The summed E-state index contributed by atoms with van der Waals surface area (Å²) in [7, 11) is 1.45. The van der Waals surface area contributed by atoms with Crippen LogP contribution >= 0.6 is 22.6 Å². The first kappa shape index (κ1) is 23.2. The number of amides is 1. The SMILES string of the molecule is C=CCc1cc(/C=N/NC(=O)COc2ccccc2I)cc(OC)c1OCC(=O)O. The standard InChI is InChI=1S/C21H21IN2O6/c1-3-6-15-9-14(10-18(28-2)21(15)30-13-20(26)27)11-23-24-19(25)12-29-17-8-5-4-7-16(17)22/h3-5,7-11H,1,6,12-13H2,2H3,(H,24,25)(H,26,27)/b23-11+. The van der Waals surface area contributed by atoms with Crippen LogP contribution in [0, 0.1) is 3.57 Å². The number of rotatable bonds is 11. The molecule has 2 aromatic rings. The molecular weight excluding hydrogens is 503 g/mol. The van der Waals surface area contributed by atoms with Gasteiger partial charge in [0, 0.05) is 5.56 Å². The molecule has 2 N–H and O–H groups in total. The van der Waals surface area contributed by atoms with E-state index in [0.29, 0.717) is 34.8 Å². The zero-order chi connectivity index (χ0) is 21.9. The van der Waals surface area contributed by atoms with E-state index in [4.69, 9.17) is 19.3 Å². The number of halogens is 1. The molecule has 0 aliphatic carbocycles. The first-order chi connectivity index (χ1) is 14.4. The number of hydrogen-bond donors (Lipinski definition) is 2. The lowest BCUT2D eigenvalue weighted by atomic mass is 10.1. The molecule has 0 saturated heterocycles. The quantitative estimate of drug-likeness (QED) is 0.203. The van der Waals surface area contributed by atoms with Gasteiger partial charge in [0.15, 0.2) is 24.7 Å². The highest BCUT2D eigenvalue weighted by molar-refractivity contribution is 14.1. The number of ether oxygens (including phenoxy) is 3. The third kappa shape index (κ3) is 7.07. The number of carbonyl (C=O) groups excluding carboxylic acids is 1. The Hall–Kier alpha value is -3.08. The smallest absolute Gasteiger partial charge is 0.341 e. The second kappa shape index (κ2) is 11.8. The fourth-order valence-electron chi connectivity index (χ4n) is 2.43. The number of nitrogens with zero attached hydrogens (tertiary/aromatic N) is 1. The first-order valence-corrected chi connectivity index (χ1v) is 9.88. The molecule has 158 valence electrons. The Bertz CT molecular complexity index is 945. The molecule has 0 atom stereocenters. The molecule has 0 heterocycles. The minimum Gasteiger partial charge on any atom is -0.493 e. The molecule has 0 aliphatic heterocycles. The second-order valence-corrected chi connectivity index (χ2v) is 7.06. The number of methoxy groups -OCH3 is 1. The van der Waals surface area contributed by atoms with Crippen LogP contribution < -0.4 is 19.6 Å². The summed E-state index contributed by atoms with van der Waals surface area (Å²) in [5.41, 5.74) is 3.71. The fourth-order valence-corrected chi connectivity index (χ4v) is 2.97. The highest BCUT2D eigenvalue weighted by Crippen LogP contribution is 2.33. The van der Waals surface area contributed by atoms with Crippen molar-refractivity contribution in [3.63, 3.8) is 0 Å². The van der Waals surface area contributed by atoms with E-state index in [1.165, 1.54) is 13.3 Å². The van der Waals surface area contributed by atoms with E-state index >= 15 is 0 Å². The summed E-state index contributed by atoms with van der Waals surface area (Å²) in [6.45, 7) is 3.02. The summed E-state index contributed by atoms with van der Waals surface area (Å²) >= 11 is 2.12. The third-order valence-electron chi connectivity index (χ3n) is 3.68. The molecule has 0 aromatic heterocycles. The van der Waals surface area contributed by atoms with E-state index in [0.717, 1.165) is 3.57 Å². The molecule has 2 rings (SSSR count). The van der Waals surface area contributed by atoms with E-state index < -0.39 is 18.5 Å². The average molecular weight is 524 g/mol. The number of hydrazone groups is 1. The van der Waals surface area contributed by atoms with Gasteiger partial charge in [-0.2, -0.15) is 5.10 Å². The van der Waals surface area contributed by atoms with E-state index in [1.807, 2.05) is 18.2 Å². The van der Waals surface area contributed by atoms with Crippen molar-refractivity contribution in [3.8, 4) is 17.2 Å². The van der Waals surface area contributed by atoms with Gasteiger partial charge in [0.05, 0.1) is 16.9 Å². The van der Waals surface area contributed by atoms with Crippen LogP contribution in [0.2, 0.25) is 0 Å². The van der Waals surface area contributed by atoms with Gasteiger partial charge in [-0.05, 0) is 58.8 Å². The Morgan fingerprint density at radius 1 is 1.20 bits per heavy atom. The molecule has 0 spiro atoms. The Morgan fingerprint density at radius 2 is 1.97 bits per heavy atom. The van der Waals surface area contributed by atoms with Gasteiger partial charge in [-0.25, -0.2) is 10.2 Å². The summed E-state index contributed by atoms with van der Waals surface area (Å²) < 4.78 is 17.0. The lowest BCUT2D eigenvalue weighted by molar-refractivity contribution is -0.139. The van der Waals surface area contributed by atoms with Crippen LogP contribution in [0.15, 0.2) is 54.2 Å². The highest BCUT2D eigenvalue weighted by atomic mass is 127. The van der Waals surface area contributed by atoms with Gasteiger partial charge in [0.1, 0.15) is 5.75 Å². The number of carboxylic acid groups (broad SMARTS) is 1. The summed E-state index contributed by atoms with van der Waals surface area (Å²) in [4.78, 5) is 22.8. The van der Waals surface area contributed by atoms with Crippen LogP contribution in [-0.4, -0.2) is 43.5 Å². The number of benzene rings is 2. The largest absolute Gasteiger partial charge is 0.493 e. The van der Waals surface area contributed by atoms with Crippen molar-refractivity contribution in [1.29, 1.82) is 0 Å². The number of carboxylic acids is 1. The van der Waals surface area contributed by atoms with Gasteiger partial charge >= 0.3 is 5.97 Å². The zero-order valence-corrected chi connectivity index (χ0v) is 18.4. The normalized spacial score (nSPS) is 10.5. The first-order valence-electron chi connectivity index (χ1n) is 8.80. The highest BCUT2D eigenvalue weighted by Gasteiger charge is 2.14. The zero-order valence-electron chi connectivity index (χ0n) is 16.3. The predicted octanol–water partition coefficient (Wildman–Crippen LogP) is 3.02. The number of aliphatic carboxylic acids is 1. The Labute approximate surface area is 187 Å². The van der Waals surface area contributed by atoms with Crippen LogP contribution in [0.25, 0.3) is 0 Å². The van der Waals surface area contributed by atoms with Gasteiger partial charge in [0.2, 0.25) is 0 Å². The molecule has 30 heavy (non-hydrogen) atoms. The van der Waals surface area contributed by atoms with Crippen molar-refractivity contribution in [2.24, 2.45) is 5.10 Å². The van der Waals surface area contributed by atoms with Gasteiger partial charge in [-0.3, -0.25) is 4.79 Å². The number of carbonyl (C=O) groups is 2. The number of para-hydroxylation sites is 1. The molecule has 9 heteroatoms. The maximum atomic E-state index is 11.9. The Kier molecular flexibility index (Phi) is 9.13. The maximum absolute atomic E-state index is 11.9. The van der Waals surface area contributed by atoms with Crippen LogP contribution in [-0.2, 0) is 16.0 Å². The summed E-state index contributed by atoms with van der Waals surface area (Å²) in [5.74, 6) is -0.210. The summed E-state index contributed by atoms with van der Waals surface area (Å²) in [5, 5.41) is 12.8. The number of hydrogen-bond acceptors (Lipinski definition) is 6. The van der Waals surface area contributed by atoms with Gasteiger partial charge in [0.25, 0.3) is 5.91 Å². The molecule has 0 fully saturated rings. The van der Waals surface area contributed by atoms with Crippen LogP contribution in [0.4, 0.5) is 0 Å². The minimum atomic E-state index is -1.10. The average Bonchev–Trinajstić information content (AvgIpc) is 2.72. The van der Waals surface area contributed by atoms with Crippen molar-refractivity contribution >= 4 is 40.7 Å². The lowest BCUT2D eigenvalue weighted by Crippen LogP contribution is -2.24. The van der Waals surface area contributed by atoms with Crippen LogP contribution in [0.1, 0.15) is 11.1 Å². The van der Waals surface area contributed by atoms with Crippen molar-refractivity contribution in [2.75, 3.05) is 20.3 Å². The van der Waals surface area contributed by atoms with Crippen molar-refractivity contribution in [3.05, 3.63) is 63.8 Å². The van der Waals surface area contributed by atoms with E-state index in [9.17, 15) is 9.59 Å². The lowest BCUT2D eigenvalue weighted by Gasteiger charge is -2.14. The van der Waals surface area contributed by atoms with Crippen molar-refractivity contribution in [1.82, 2.24) is 5.43 Å². The molecule has 0 bridgehead atoms. The van der Waals surface area contributed by atoms with Crippen molar-refractivity contribution < 1.29 is 28.9 Å². The Balaban J connectivity index is 2.05. The molecule has 1 amide bonds. The molecule has 8 nitrogen and oxygen atoms in total. The molecule has 0 unspecified atom stereocenters. The molecular formula is C21H21IN2O6. The second-order valence-electron chi connectivity index (χ2n) is 5.90. The molecule has 0 radical (unpaired) electrons. The molecule has 0 aliphatic rings. The predicted molar refractivity (Wildman–Crippen MR) is 120 cm³/mol. The minimum absolute atomic E-state index is 0.176. The molecule has 2 aromatic carbocycles. The Morgan fingerprint density at radius 3 is 2.63 bits per heavy atom. The molecule has 0 saturated carbocycles. The van der Waals surface area contributed by atoms with E-state index in [-0.39, 0.29) is 6.61 Å². The van der Waals surface area contributed by atoms with Gasteiger partial charge in [-0.15, -0.1) is 6.58 Å². The van der Waals surface area contributed by atoms with Gasteiger partial charge < -0.3 is 19.3 Å². The number of allylic oxidation sites excluding steroid dienone is 1. The van der Waals surface area contributed by atoms with Crippen molar-refractivity contribution in [2.45, 2.75) is 6.42 Å². The summed E-state index contributed by atoms with van der Waals surface area (Å²) in [6, 6.07) is 10.7. The summed E-state index contributed by atoms with van der Waals surface area (Å²) in [6.07, 6.45) is 3.54. The van der Waals surface area contributed by atoms with Crippen LogP contribution in [0.5, 0.6) is 17.2 Å².